The Morgan fingerprint density at radius 2 is 1.64 bits per heavy atom. The first-order valence-electron chi connectivity index (χ1n) is 8.28. The molecule has 0 saturated carbocycles. The summed E-state index contributed by atoms with van der Waals surface area (Å²) in [7, 11) is 0. The zero-order valence-corrected chi connectivity index (χ0v) is 15.3. The number of fused-ring (bicyclic) bond motifs is 1. The zero-order chi connectivity index (χ0) is 17.4. The average molecular weight is 345 g/mol. The van der Waals surface area contributed by atoms with Crippen LogP contribution in [0.4, 0.5) is 11.5 Å². The van der Waals surface area contributed by atoms with Gasteiger partial charge in [0.1, 0.15) is 10.6 Å². The highest BCUT2D eigenvalue weighted by Crippen LogP contribution is 2.32. The first kappa shape index (κ1) is 15.8. The number of nitrogens with one attached hydrogen (secondary N) is 1. The van der Waals surface area contributed by atoms with Crippen molar-refractivity contribution in [2.24, 2.45) is 0 Å². The summed E-state index contributed by atoms with van der Waals surface area (Å²) in [6.07, 6.45) is 0. The number of aromatic nitrogens is 2. The van der Waals surface area contributed by atoms with Crippen LogP contribution in [-0.4, -0.2) is 9.97 Å². The Hall–Kier alpha value is -2.72. The van der Waals surface area contributed by atoms with Crippen molar-refractivity contribution >= 4 is 33.1 Å². The molecule has 0 aliphatic carbocycles. The molecule has 3 nitrogen and oxygen atoms in total. The van der Waals surface area contributed by atoms with Crippen LogP contribution in [0.25, 0.3) is 21.6 Å². The number of nitrogens with zero attached hydrogens (tertiary/aromatic N) is 2. The summed E-state index contributed by atoms with van der Waals surface area (Å²) in [5, 5.41) is 4.56. The van der Waals surface area contributed by atoms with E-state index in [1.54, 1.807) is 11.3 Å². The molecular weight excluding hydrogens is 326 g/mol. The molecule has 1 N–H and O–H groups in total. The number of hydrogen-bond acceptors (Lipinski definition) is 4. The van der Waals surface area contributed by atoms with Crippen LogP contribution < -0.4 is 5.32 Å². The van der Waals surface area contributed by atoms with Crippen molar-refractivity contribution in [3.05, 3.63) is 70.6 Å². The molecule has 0 aliphatic rings. The lowest BCUT2D eigenvalue weighted by atomic mass is 10.1. The third-order valence-electron chi connectivity index (χ3n) is 4.32. The van der Waals surface area contributed by atoms with E-state index in [1.165, 1.54) is 16.0 Å². The highest BCUT2D eigenvalue weighted by atomic mass is 32.1. The minimum Gasteiger partial charge on any atom is -0.340 e. The van der Waals surface area contributed by atoms with Gasteiger partial charge in [-0.15, -0.1) is 11.3 Å². The molecule has 0 bridgehead atoms. The van der Waals surface area contributed by atoms with E-state index in [0.717, 1.165) is 33.1 Å². The summed E-state index contributed by atoms with van der Waals surface area (Å²) in [6.45, 7) is 6.35. The van der Waals surface area contributed by atoms with Gasteiger partial charge >= 0.3 is 0 Å². The van der Waals surface area contributed by atoms with E-state index in [1.807, 2.05) is 30.3 Å². The largest absolute Gasteiger partial charge is 0.340 e. The lowest BCUT2D eigenvalue weighted by Gasteiger charge is -2.10. The molecule has 0 saturated heterocycles. The quantitative estimate of drug-likeness (QED) is 0.493. The molecule has 0 aliphatic heterocycles. The van der Waals surface area contributed by atoms with Gasteiger partial charge in [-0.2, -0.15) is 0 Å². The van der Waals surface area contributed by atoms with Crippen molar-refractivity contribution in [2.45, 2.75) is 20.8 Å². The van der Waals surface area contributed by atoms with E-state index >= 15 is 0 Å². The van der Waals surface area contributed by atoms with Crippen LogP contribution in [0.5, 0.6) is 0 Å². The van der Waals surface area contributed by atoms with Crippen molar-refractivity contribution in [1.82, 2.24) is 9.97 Å². The Morgan fingerprint density at radius 3 is 2.40 bits per heavy atom. The number of benzene rings is 2. The van der Waals surface area contributed by atoms with Gasteiger partial charge in [0.05, 0.1) is 5.39 Å². The third kappa shape index (κ3) is 3.13. The van der Waals surface area contributed by atoms with Crippen molar-refractivity contribution in [1.29, 1.82) is 0 Å². The maximum absolute atomic E-state index is 4.82. The lowest BCUT2D eigenvalue weighted by Crippen LogP contribution is -1.98. The molecular formula is C21H19N3S. The van der Waals surface area contributed by atoms with Crippen LogP contribution >= 0.6 is 11.3 Å². The molecule has 4 aromatic rings. The highest BCUT2D eigenvalue weighted by molar-refractivity contribution is 7.18. The van der Waals surface area contributed by atoms with Crippen LogP contribution in [0.15, 0.2) is 54.6 Å². The van der Waals surface area contributed by atoms with Gasteiger partial charge in [-0.1, -0.05) is 36.4 Å². The summed E-state index contributed by atoms with van der Waals surface area (Å²) in [5.41, 5.74) is 4.62. The van der Waals surface area contributed by atoms with Gasteiger partial charge in [-0.25, -0.2) is 9.97 Å². The number of thiophene rings is 1. The van der Waals surface area contributed by atoms with Gasteiger partial charge < -0.3 is 5.32 Å². The predicted octanol–water partition coefficient (Wildman–Crippen LogP) is 6.03. The van der Waals surface area contributed by atoms with Crippen LogP contribution in [-0.2, 0) is 0 Å². The minimum absolute atomic E-state index is 0.751. The standard InChI is InChI=1S/C21H19N3S/c1-13-9-10-17(11-14(13)2)22-20-18-12-15(3)25-21(18)24-19(23-20)16-7-5-4-6-8-16/h4-12H,1-3H3,(H,22,23,24). The van der Waals surface area contributed by atoms with Gasteiger partial charge in [0.15, 0.2) is 5.82 Å². The highest BCUT2D eigenvalue weighted by Gasteiger charge is 2.12. The number of hydrogen-bond donors (Lipinski definition) is 1. The number of rotatable bonds is 3. The molecule has 0 atom stereocenters. The first-order chi connectivity index (χ1) is 12.1. The Balaban J connectivity index is 1.84. The van der Waals surface area contributed by atoms with Crippen LogP contribution in [0.1, 0.15) is 16.0 Å². The van der Waals surface area contributed by atoms with Gasteiger partial charge in [-0.3, -0.25) is 0 Å². The van der Waals surface area contributed by atoms with E-state index in [2.05, 4.69) is 50.4 Å². The molecule has 25 heavy (non-hydrogen) atoms. The molecule has 0 radical (unpaired) electrons. The van der Waals surface area contributed by atoms with Gasteiger partial charge in [0.25, 0.3) is 0 Å². The summed E-state index contributed by atoms with van der Waals surface area (Å²) in [6, 6.07) is 18.7. The van der Waals surface area contributed by atoms with Gasteiger partial charge in [0.2, 0.25) is 0 Å². The second-order valence-corrected chi connectivity index (χ2v) is 7.50. The smallest absolute Gasteiger partial charge is 0.163 e. The fourth-order valence-corrected chi connectivity index (χ4v) is 3.69. The van der Waals surface area contributed by atoms with Gasteiger partial charge in [-0.05, 0) is 50.1 Å². The molecule has 0 unspecified atom stereocenters. The Bertz CT molecular complexity index is 1050. The first-order valence-corrected chi connectivity index (χ1v) is 9.10. The molecule has 4 heteroatoms. The summed E-state index contributed by atoms with van der Waals surface area (Å²) in [5.74, 6) is 1.61. The van der Waals surface area contributed by atoms with Crippen LogP contribution in [0.3, 0.4) is 0 Å². The predicted molar refractivity (Wildman–Crippen MR) is 107 cm³/mol. The van der Waals surface area contributed by atoms with E-state index in [-0.39, 0.29) is 0 Å². The molecule has 4 rings (SSSR count). The number of anilines is 2. The van der Waals surface area contributed by atoms with E-state index < -0.39 is 0 Å². The zero-order valence-electron chi connectivity index (χ0n) is 14.5. The molecule has 0 spiro atoms. The molecule has 2 heterocycles. The Kier molecular flexibility index (Phi) is 3.98. The van der Waals surface area contributed by atoms with Crippen LogP contribution in [0.2, 0.25) is 0 Å². The second-order valence-electron chi connectivity index (χ2n) is 6.26. The van der Waals surface area contributed by atoms with E-state index in [0.29, 0.717) is 0 Å². The summed E-state index contributed by atoms with van der Waals surface area (Å²) < 4.78 is 0. The fraction of sp³-hybridized carbons (Fsp3) is 0.143. The topological polar surface area (TPSA) is 37.8 Å². The van der Waals surface area contributed by atoms with Gasteiger partial charge in [0, 0.05) is 16.1 Å². The molecule has 0 fully saturated rings. The third-order valence-corrected chi connectivity index (χ3v) is 5.26. The monoisotopic (exact) mass is 345 g/mol. The molecule has 0 amide bonds. The molecule has 2 aromatic heterocycles. The summed E-state index contributed by atoms with van der Waals surface area (Å²) in [4.78, 5) is 11.8. The normalized spacial score (nSPS) is 11.0. The molecule has 124 valence electrons. The maximum atomic E-state index is 4.82. The van der Waals surface area contributed by atoms with E-state index in [9.17, 15) is 0 Å². The second kappa shape index (κ2) is 6.30. The fourth-order valence-electron chi connectivity index (χ4n) is 2.81. The van der Waals surface area contributed by atoms with E-state index in [4.69, 9.17) is 9.97 Å². The van der Waals surface area contributed by atoms with Crippen molar-refractivity contribution in [2.75, 3.05) is 5.32 Å². The maximum Gasteiger partial charge on any atom is 0.163 e. The summed E-state index contributed by atoms with van der Waals surface area (Å²) >= 11 is 1.70. The Labute approximate surface area is 151 Å². The van der Waals surface area contributed by atoms with Crippen LogP contribution in [0, 0.1) is 20.8 Å². The lowest BCUT2D eigenvalue weighted by molar-refractivity contribution is 1.23. The molecule has 2 aromatic carbocycles. The van der Waals surface area contributed by atoms with Crippen molar-refractivity contribution in [3.63, 3.8) is 0 Å². The Morgan fingerprint density at radius 1 is 0.840 bits per heavy atom. The minimum atomic E-state index is 0.751. The SMILES string of the molecule is Cc1cc2c(Nc3ccc(C)c(C)c3)nc(-c3ccccc3)nc2s1. The average Bonchev–Trinajstić information content (AvgIpc) is 2.99. The van der Waals surface area contributed by atoms with Crippen molar-refractivity contribution in [3.8, 4) is 11.4 Å². The number of aryl methyl sites for hydroxylation is 3. The van der Waals surface area contributed by atoms with Crippen molar-refractivity contribution < 1.29 is 0 Å².